The summed E-state index contributed by atoms with van der Waals surface area (Å²) in [5, 5.41) is 3.37. The number of pyridine rings is 1. The summed E-state index contributed by atoms with van der Waals surface area (Å²) in [6, 6.07) is 12.4. The number of hydrogen-bond acceptors (Lipinski definition) is 7. The number of anilines is 2. The summed E-state index contributed by atoms with van der Waals surface area (Å²) in [5.41, 5.74) is 3.57. The van der Waals surface area contributed by atoms with Gasteiger partial charge < -0.3 is 15.0 Å². The molecular weight excluding hydrogens is 454 g/mol. The van der Waals surface area contributed by atoms with Crippen LogP contribution < -0.4 is 15.8 Å². The van der Waals surface area contributed by atoms with Crippen LogP contribution >= 0.6 is 0 Å². The van der Waals surface area contributed by atoms with Crippen molar-refractivity contribution in [3.05, 3.63) is 64.2 Å². The molecule has 1 N–H and O–H groups in total. The third kappa shape index (κ3) is 4.40. The van der Waals surface area contributed by atoms with E-state index in [4.69, 9.17) is 4.74 Å². The molecule has 2 aromatic heterocycles. The van der Waals surface area contributed by atoms with Gasteiger partial charge >= 0.3 is 0 Å². The molecule has 9 nitrogen and oxygen atoms in total. The summed E-state index contributed by atoms with van der Waals surface area (Å²) in [4.78, 5) is 19.8. The van der Waals surface area contributed by atoms with E-state index in [9.17, 15) is 13.2 Å². The lowest BCUT2D eigenvalue weighted by Gasteiger charge is -2.27. The largest absolute Gasteiger partial charge is 0.379 e. The Balaban J connectivity index is 1.47. The summed E-state index contributed by atoms with van der Waals surface area (Å²) >= 11 is 0. The monoisotopic (exact) mass is 483 g/mol. The minimum absolute atomic E-state index is 0.136. The molecule has 0 atom stereocenters. The van der Waals surface area contributed by atoms with Gasteiger partial charge in [0.15, 0.2) is 0 Å². The normalized spacial score (nSPS) is 17.4. The molecule has 2 aliphatic rings. The average molecular weight is 484 g/mol. The van der Waals surface area contributed by atoms with Crippen molar-refractivity contribution in [3.8, 4) is 0 Å². The molecule has 4 heterocycles. The maximum atomic E-state index is 13.2. The van der Waals surface area contributed by atoms with Crippen LogP contribution in [0.25, 0.3) is 5.65 Å². The fourth-order valence-electron chi connectivity index (χ4n) is 4.63. The van der Waals surface area contributed by atoms with Gasteiger partial charge in [0.2, 0.25) is 10.0 Å². The number of rotatable bonds is 6. The van der Waals surface area contributed by atoms with E-state index in [-0.39, 0.29) is 10.5 Å². The van der Waals surface area contributed by atoms with Crippen LogP contribution in [0.5, 0.6) is 0 Å². The first kappa shape index (κ1) is 22.8. The number of aryl methyl sites for hydroxylation is 1. The molecular formula is C24H29N5O4S. The van der Waals surface area contributed by atoms with E-state index in [1.54, 1.807) is 16.5 Å². The smallest absolute Gasteiger partial charge is 0.258 e. The van der Waals surface area contributed by atoms with Crippen LogP contribution in [-0.4, -0.2) is 61.5 Å². The lowest BCUT2D eigenvalue weighted by atomic mass is 10.2. The Hall–Kier alpha value is -2.95. The molecule has 2 fully saturated rings. The van der Waals surface area contributed by atoms with Crippen LogP contribution in [-0.2, 0) is 21.3 Å². The number of benzene rings is 1. The Morgan fingerprint density at radius 1 is 1.03 bits per heavy atom. The van der Waals surface area contributed by atoms with E-state index in [0.717, 1.165) is 43.0 Å². The van der Waals surface area contributed by atoms with Gasteiger partial charge in [-0.05, 0) is 50.1 Å². The Kier molecular flexibility index (Phi) is 6.28. The van der Waals surface area contributed by atoms with Crippen molar-refractivity contribution in [1.82, 2.24) is 13.7 Å². The van der Waals surface area contributed by atoms with Gasteiger partial charge in [-0.15, -0.1) is 0 Å². The van der Waals surface area contributed by atoms with Gasteiger partial charge in [-0.25, -0.2) is 13.4 Å². The summed E-state index contributed by atoms with van der Waals surface area (Å²) < 4.78 is 34.9. The maximum Gasteiger partial charge on any atom is 0.258 e. The van der Waals surface area contributed by atoms with Gasteiger partial charge in [0.1, 0.15) is 5.65 Å². The first-order valence-electron chi connectivity index (χ1n) is 11.6. The maximum absolute atomic E-state index is 13.2. The van der Waals surface area contributed by atoms with Crippen molar-refractivity contribution in [2.75, 3.05) is 49.6 Å². The first-order valence-corrected chi connectivity index (χ1v) is 13.1. The van der Waals surface area contributed by atoms with Gasteiger partial charge in [0.25, 0.3) is 5.56 Å². The van der Waals surface area contributed by atoms with Gasteiger partial charge in [-0.2, -0.15) is 4.31 Å². The van der Waals surface area contributed by atoms with E-state index in [1.165, 1.54) is 10.4 Å². The molecule has 3 aromatic rings. The first-order chi connectivity index (χ1) is 16.4. The van der Waals surface area contributed by atoms with Crippen LogP contribution in [0.3, 0.4) is 0 Å². The van der Waals surface area contributed by atoms with Crippen LogP contribution in [0.1, 0.15) is 24.2 Å². The van der Waals surface area contributed by atoms with E-state index in [2.05, 4.69) is 15.2 Å². The third-order valence-corrected chi connectivity index (χ3v) is 8.31. The fraction of sp³-hybridized carbons (Fsp3) is 0.417. The van der Waals surface area contributed by atoms with Crippen LogP contribution in [0.15, 0.2) is 52.2 Å². The molecule has 0 amide bonds. The Morgan fingerprint density at radius 3 is 2.56 bits per heavy atom. The standard InChI is InChI=1S/C24H29N5O4S/c1-18-5-4-6-23-26-19(15-24(30)29(18)23)17-25-21-16-20(7-8-22(21)27-9-2-3-10-27)34(31,32)28-11-13-33-14-12-28/h4-8,15-16,25H,2-3,9-14,17H2,1H3. The van der Waals surface area contributed by atoms with E-state index in [1.807, 2.05) is 31.2 Å². The van der Waals surface area contributed by atoms with Crippen molar-refractivity contribution in [2.45, 2.75) is 31.2 Å². The lowest BCUT2D eigenvalue weighted by molar-refractivity contribution is 0.0730. The molecule has 0 saturated carbocycles. The molecule has 1 aromatic carbocycles. The van der Waals surface area contributed by atoms with Gasteiger partial charge in [-0.1, -0.05) is 6.07 Å². The Labute approximate surface area is 199 Å². The number of morpholine rings is 1. The second-order valence-electron chi connectivity index (χ2n) is 8.69. The molecule has 0 bridgehead atoms. The van der Waals surface area contributed by atoms with Crippen LogP contribution in [0.2, 0.25) is 0 Å². The quantitative estimate of drug-likeness (QED) is 0.574. The number of nitrogens with zero attached hydrogens (tertiary/aromatic N) is 4. The SMILES string of the molecule is Cc1cccc2nc(CNc3cc(S(=O)(=O)N4CCOCC4)ccc3N3CCCC3)cc(=O)n12. The summed E-state index contributed by atoms with van der Waals surface area (Å²) in [7, 11) is -3.62. The minimum atomic E-state index is -3.62. The van der Waals surface area contributed by atoms with Gasteiger partial charge in [0, 0.05) is 37.9 Å². The Bertz CT molecular complexity index is 1360. The number of hydrogen-bond donors (Lipinski definition) is 1. The zero-order valence-electron chi connectivity index (χ0n) is 19.2. The number of nitrogens with one attached hydrogen (secondary N) is 1. The molecule has 5 rings (SSSR count). The summed E-state index contributed by atoms with van der Waals surface area (Å²) in [5.74, 6) is 0. The van der Waals surface area contributed by atoms with E-state index >= 15 is 0 Å². The fourth-order valence-corrected chi connectivity index (χ4v) is 6.06. The third-order valence-electron chi connectivity index (χ3n) is 6.42. The average Bonchev–Trinajstić information content (AvgIpc) is 3.38. The highest BCUT2D eigenvalue weighted by Gasteiger charge is 2.28. The predicted molar refractivity (Wildman–Crippen MR) is 131 cm³/mol. The number of sulfonamides is 1. The molecule has 180 valence electrons. The van der Waals surface area contributed by atoms with Crippen molar-refractivity contribution >= 4 is 27.0 Å². The highest BCUT2D eigenvalue weighted by atomic mass is 32.2. The van der Waals surface area contributed by atoms with Crippen molar-refractivity contribution in [2.24, 2.45) is 0 Å². The van der Waals surface area contributed by atoms with Crippen molar-refractivity contribution in [1.29, 1.82) is 0 Å². The van der Waals surface area contributed by atoms with Gasteiger partial charge in [-0.3, -0.25) is 9.20 Å². The molecule has 34 heavy (non-hydrogen) atoms. The molecule has 0 spiro atoms. The Morgan fingerprint density at radius 2 is 1.79 bits per heavy atom. The van der Waals surface area contributed by atoms with Crippen molar-refractivity contribution in [3.63, 3.8) is 0 Å². The molecule has 0 aliphatic carbocycles. The second kappa shape index (κ2) is 9.36. The zero-order valence-corrected chi connectivity index (χ0v) is 20.1. The topological polar surface area (TPSA) is 96.2 Å². The number of ether oxygens (including phenoxy) is 1. The summed E-state index contributed by atoms with van der Waals surface area (Å²) in [6.45, 7) is 5.54. The molecule has 2 aliphatic heterocycles. The molecule has 0 unspecified atom stereocenters. The molecule has 10 heteroatoms. The predicted octanol–water partition coefficient (Wildman–Crippen LogP) is 2.24. The van der Waals surface area contributed by atoms with Gasteiger partial charge in [0.05, 0.1) is 41.7 Å². The second-order valence-corrected chi connectivity index (χ2v) is 10.6. The van der Waals surface area contributed by atoms with Crippen molar-refractivity contribution < 1.29 is 13.2 Å². The minimum Gasteiger partial charge on any atom is -0.379 e. The molecule has 0 radical (unpaired) electrons. The van der Waals surface area contributed by atoms with Crippen LogP contribution in [0.4, 0.5) is 11.4 Å². The van der Waals surface area contributed by atoms with E-state index in [0.29, 0.717) is 44.2 Å². The van der Waals surface area contributed by atoms with E-state index < -0.39 is 10.0 Å². The number of fused-ring (bicyclic) bond motifs is 1. The highest BCUT2D eigenvalue weighted by molar-refractivity contribution is 7.89. The lowest BCUT2D eigenvalue weighted by Crippen LogP contribution is -2.40. The highest BCUT2D eigenvalue weighted by Crippen LogP contribution is 2.32. The number of aromatic nitrogens is 2. The zero-order chi connectivity index (χ0) is 23.7. The summed E-state index contributed by atoms with van der Waals surface area (Å²) in [6.07, 6.45) is 2.21. The molecule has 2 saturated heterocycles. The van der Waals surface area contributed by atoms with Crippen LogP contribution in [0, 0.1) is 6.92 Å².